The van der Waals surface area contributed by atoms with E-state index in [4.69, 9.17) is 9.47 Å². The topological polar surface area (TPSA) is 18.5 Å². The van der Waals surface area contributed by atoms with E-state index in [1.54, 1.807) is 14.2 Å². The fourth-order valence-electron chi connectivity index (χ4n) is 0.425. The standard InChI is InChI=1S/C5H12O2Si/c1-4-8-5(6-2)7-3/h4-5H,1,8H2,2-3H3. The van der Waals surface area contributed by atoms with Gasteiger partial charge in [0.05, 0.1) is 0 Å². The second-order valence-electron chi connectivity index (χ2n) is 1.43. The molecule has 8 heavy (non-hydrogen) atoms. The molecule has 0 rings (SSSR count). The van der Waals surface area contributed by atoms with Crippen LogP contribution in [0.15, 0.2) is 12.3 Å². The van der Waals surface area contributed by atoms with Crippen LogP contribution < -0.4 is 0 Å². The molecule has 0 saturated heterocycles. The Kier molecular flexibility index (Phi) is 4.95. The largest absolute Gasteiger partial charge is 0.360 e. The molecule has 0 fully saturated rings. The van der Waals surface area contributed by atoms with Gasteiger partial charge < -0.3 is 9.47 Å². The van der Waals surface area contributed by atoms with Crippen LogP contribution >= 0.6 is 0 Å². The molecule has 3 heteroatoms. The first-order chi connectivity index (χ1) is 3.85. The van der Waals surface area contributed by atoms with Crippen molar-refractivity contribution in [1.29, 1.82) is 0 Å². The van der Waals surface area contributed by atoms with Crippen molar-refractivity contribution in [3.05, 3.63) is 12.3 Å². The quantitative estimate of drug-likeness (QED) is 0.392. The third-order valence-electron chi connectivity index (χ3n) is 0.885. The third-order valence-corrected chi connectivity index (χ3v) is 2.27. The molecule has 0 radical (unpaired) electrons. The monoisotopic (exact) mass is 132 g/mol. The Labute approximate surface area is 52.3 Å². The van der Waals surface area contributed by atoms with Gasteiger partial charge in [-0.3, -0.25) is 0 Å². The van der Waals surface area contributed by atoms with Crippen LogP contribution in [0.2, 0.25) is 0 Å². The summed E-state index contributed by atoms with van der Waals surface area (Å²) < 4.78 is 9.82. The fourth-order valence-corrected chi connectivity index (χ4v) is 1.08. The van der Waals surface area contributed by atoms with Crippen molar-refractivity contribution in [1.82, 2.24) is 0 Å². The van der Waals surface area contributed by atoms with E-state index >= 15 is 0 Å². The highest BCUT2D eigenvalue weighted by Crippen LogP contribution is 1.85. The van der Waals surface area contributed by atoms with Gasteiger partial charge in [0.25, 0.3) is 0 Å². The predicted octanol–water partition coefficient (Wildman–Crippen LogP) is -0.125. The molecule has 0 atom stereocenters. The van der Waals surface area contributed by atoms with Gasteiger partial charge in [-0.05, 0) is 0 Å². The van der Waals surface area contributed by atoms with Crippen molar-refractivity contribution in [2.24, 2.45) is 0 Å². The summed E-state index contributed by atoms with van der Waals surface area (Å²) in [4.78, 5) is 0. The van der Waals surface area contributed by atoms with E-state index in [1.807, 2.05) is 5.70 Å². The number of hydrogen-bond acceptors (Lipinski definition) is 2. The minimum atomic E-state index is -0.345. The van der Waals surface area contributed by atoms with Crippen molar-refractivity contribution < 1.29 is 9.47 Å². The second-order valence-corrected chi connectivity index (χ2v) is 3.14. The molecular weight excluding hydrogens is 120 g/mol. The van der Waals surface area contributed by atoms with Gasteiger partial charge >= 0.3 is 0 Å². The normalized spacial score (nSPS) is 11.4. The summed E-state index contributed by atoms with van der Waals surface area (Å²) >= 11 is 0. The molecule has 48 valence electrons. The van der Waals surface area contributed by atoms with E-state index in [2.05, 4.69) is 6.58 Å². The Balaban J connectivity index is 3.20. The second kappa shape index (κ2) is 5.02. The van der Waals surface area contributed by atoms with Crippen LogP contribution in [0, 0.1) is 0 Å². The highest BCUT2D eigenvalue weighted by molar-refractivity contribution is 6.42. The lowest BCUT2D eigenvalue weighted by atomic mass is 11.3. The minimum absolute atomic E-state index is 0.0208. The number of ether oxygens (including phenoxy) is 2. The summed E-state index contributed by atoms with van der Waals surface area (Å²) in [7, 11) is 2.94. The molecule has 0 unspecified atom stereocenters. The van der Waals surface area contributed by atoms with Crippen LogP contribution in [-0.4, -0.2) is 29.7 Å². The van der Waals surface area contributed by atoms with Gasteiger partial charge in [0.2, 0.25) is 0 Å². The van der Waals surface area contributed by atoms with E-state index in [0.29, 0.717) is 0 Å². The maximum atomic E-state index is 4.91. The SMILES string of the molecule is C=C[SiH2]C(OC)OC. The lowest BCUT2D eigenvalue weighted by Gasteiger charge is -2.08. The zero-order valence-corrected chi connectivity index (χ0v) is 6.80. The van der Waals surface area contributed by atoms with Gasteiger partial charge in [0.1, 0.15) is 15.4 Å². The van der Waals surface area contributed by atoms with Gasteiger partial charge in [0.15, 0.2) is 0 Å². The Morgan fingerprint density at radius 3 is 2.12 bits per heavy atom. The molecule has 2 nitrogen and oxygen atoms in total. The summed E-state index contributed by atoms with van der Waals surface area (Å²) in [6.45, 7) is 3.60. The number of hydrogen-bond donors (Lipinski definition) is 0. The lowest BCUT2D eigenvalue weighted by molar-refractivity contribution is -0.0430. The van der Waals surface area contributed by atoms with Gasteiger partial charge in [-0.25, -0.2) is 0 Å². The van der Waals surface area contributed by atoms with Gasteiger partial charge in [-0.1, -0.05) is 0 Å². The Bertz CT molecular complexity index is 61.4. The summed E-state index contributed by atoms with van der Waals surface area (Å²) in [6.07, 6.45) is 0. The van der Waals surface area contributed by atoms with E-state index in [1.165, 1.54) is 0 Å². The molecule has 0 aliphatic carbocycles. The van der Waals surface area contributed by atoms with Gasteiger partial charge in [0, 0.05) is 14.2 Å². The van der Waals surface area contributed by atoms with Crippen LogP contribution in [0.5, 0.6) is 0 Å². The lowest BCUT2D eigenvalue weighted by Crippen LogP contribution is -2.19. The molecule has 0 spiro atoms. The Morgan fingerprint density at radius 2 is 2.00 bits per heavy atom. The van der Waals surface area contributed by atoms with Crippen LogP contribution in [0.3, 0.4) is 0 Å². The molecular formula is C5H12O2Si. The van der Waals surface area contributed by atoms with E-state index in [9.17, 15) is 0 Å². The molecule has 0 aliphatic rings. The first-order valence-corrected chi connectivity index (χ1v) is 4.15. The van der Waals surface area contributed by atoms with Crippen molar-refractivity contribution in [3.8, 4) is 0 Å². The van der Waals surface area contributed by atoms with Crippen LogP contribution in [0.4, 0.5) is 0 Å². The van der Waals surface area contributed by atoms with Crippen LogP contribution in [-0.2, 0) is 9.47 Å². The fraction of sp³-hybridized carbons (Fsp3) is 0.600. The van der Waals surface area contributed by atoms with Crippen molar-refractivity contribution in [2.45, 2.75) is 5.91 Å². The van der Waals surface area contributed by atoms with Crippen molar-refractivity contribution >= 4 is 9.52 Å². The first kappa shape index (κ1) is 7.88. The molecule has 0 N–H and O–H groups in total. The summed E-state index contributed by atoms with van der Waals surface area (Å²) in [6, 6.07) is 0. The molecule has 0 amide bonds. The maximum absolute atomic E-state index is 4.91. The summed E-state index contributed by atoms with van der Waals surface area (Å²) in [5, 5.41) is 0. The van der Waals surface area contributed by atoms with E-state index in [-0.39, 0.29) is 15.4 Å². The average Bonchev–Trinajstić information content (AvgIpc) is 1.83. The average molecular weight is 132 g/mol. The van der Waals surface area contributed by atoms with Gasteiger partial charge in [-0.2, -0.15) is 0 Å². The molecule has 0 bridgehead atoms. The Morgan fingerprint density at radius 1 is 1.50 bits per heavy atom. The minimum Gasteiger partial charge on any atom is -0.360 e. The van der Waals surface area contributed by atoms with Crippen LogP contribution in [0.1, 0.15) is 0 Å². The first-order valence-electron chi connectivity index (χ1n) is 2.51. The number of methoxy groups -OCH3 is 2. The molecule has 0 aromatic carbocycles. The van der Waals surface area contributed by atoms with Crippen molar-refractivity contribution in [3.63, 3.8) is 0 Å². The maximum Gasteiger partial charge on any atom is 0.138 e. The summed E-state index contributed by atoms with van der Waals surface area (Å²) in [5.74, 6) is 0.0208. The highest BCUT2D eigenvalue weighted by Gasteiger charge is 1.99. The summed E-state index contributed by atoms with van der Waals surface area (Å²) in [5.41, 5.74) is 1.90. The van der Waals surface area contributed by atoms with Crippen LogP contribution in [0.25, 0.3) is 0 Å². The highest BCUT2D eigenvalue weighted by atomic mass is 28.2. The van der Waals surface area contributed by atoms with Crippen molar-refractivity contribution in [2.75, 3.05) is 14.2 Å². The Hall–Kier alpha value is -0.123. The third kappa shape index (κ3) is 2.96. The smallest absolute Gasteiger partial charge is 0.138 e. The predicted molar refractivity (Wildman–Crippen MR) is 36.5 cm³/mol. The van der Waals surface area contributed by atoms with Gasteiger partial charge in [-0.15, -0.1) is 12.3 Å². The zero-order chi connectivity index (χ0) is 6.41. The van der Waals surface area contributed by atoms with E-state index in [0.717, 1.165) is 0 Å². The number of rotatable bonds is 4. The molecule has 0 saturated carbocycles. The van der Waals surface area contributed by atoms with E-state index < -0.39 is 0 Å². The molecule has 0 aromatic heterocycles. The molecule has 0 aliphatic heterocycles. The zero-order valence-electron chi connectivity index (χ0n) is 5.39. The molecule has 0 aromatic rings. The molecule has 0 heterocycles.